The lowest BCUT2D eigenvalue weighted by molar-refractivity contribution is 0.110. The van der Waals surface area contributed by atoms with Crippen LogP contribution in [0.5, 0.6) is 0 Å². The molecule has 3 heteroatoms. The number of nitrogens with zero attached hydrogens (tertiary/aromatic N) is 2. The van der Waals surface area contributed by atoms with E-state index in [-0.39, 0.29) is 0 Å². The Morgan fingerprint density at radius 1 is 1.17 bits per heavy atom. The van der Waals surface area contributed by atoms with Gasteiger partial charge < -0.3 is 0 Å². The molecular formula is C20H26N2S. The van der Waals surface area contributed by atoms with E-state index in [1.807, 2.05) is 11.3 Å². The van der Waals surface area contributed by atoms with Crippen molar-refractivity contribution in [2.75, 3.05) is 13.1 Å². The second-order valence-corrected chi connectivity index (χ2v) is 8.57. The van der Waals surface area contributed by atoms with Gasteiger partial charge in [-0.05, 0) is 37.3 Å². The summed E-state index contributed by atoms with van der Waals surface area (Å²) in [4.78, 5) is 8.53. The molecule has 2 heterocycles. The number of thiazole rings is 1. The number of benzene rings is 1. The first kappa shape index (κ1) is 15.3. The van der Waals surface area contributed by atoms with Gasteiger partial charge in [0.1, 0.15) is 0 Å². The number of likely N-dealkylation sites (tertiary alicyclic amines) is 1. The summed E-state index contributed by atoms with van der Waals surface area (Å²) in [6.45, 7) is 6.89. The molecule has 1 saturated carbocycles. The van der Waals surface area contributed by atoms with Gasteiger partial charge in [0.15, 0.2) is 0 Å². The third-order valence-corrected chi connectivity index (χ3v) is 6.71. The summed E-state index contributed by atoms with van der Waals surface area (Å²) in [6, 6.07) is 9.86. The Bertz CT molecular complexity index is 649. The molecule has 2 aliphatic rings. The van der Waals surface area contributed by atoms with Gasteiger partial charge in [0.25, 0.3) is 0 Å². The highest BCUT2D eigenvalue weighted by atomic mass is 32.1. The van der Waals surface area contributed by atoms with E-state index >= 15 is 0 Å². The minimum absolute atomic E-state index is 0.647. The van der Waals surface area contributed by atoms with E-state index < -0.39 is 0 Å². The van der Waals surface area contributed by atoms with Gasteiger partial charge >= 0.3 is 0 Å². The first-order valence-corrected chi connectivity index (χ1v) is 9.80. The normalized spacial score (nSPS) is 19.8. The topological polar surface area (TPSA) is 16.1 Å². The average Bonchev–Trinajstić information content (AvgIpc) is 2.91. The SMILES string of the molecule is CC(C)N1CC(c2ncc(-c3ccc(CC4CCC4)cc3)s2)C1. The van der Waals surface area contributed by atoms with Gasteiger partial charge in [0, 0.05) is 31.2 Å². The molecule has 0 spiro atoms. The summed E-state index contributed by atoms with van der Waals surface area (Å²) in [5, 5.41) is 1.32. The first-order valence-electron chi connectivity index (χ1n) is 8.98. The third-order valence-electron chi connectivity index (χ3n) is 5.50. The molecule has 0 radical (unpaired) electrons. The Hall–Kier alpha value is -1.19. The van der Waals surface area contributed by atoms with E-state index in [0.29, 0.717) is 12.0 Å². The van der Waals surface area contributed by atoms with Crippen LogP contribution >= 0.6 is 11.3 Å². The number of aromatic nitrogens is 1. The van der Waals surface area contributed by atoms with Crippen molar-refractivity contribution in [3.8, 4) is 10.4 Å². The summed E-state index contributed by atoms with van der Waals surface area (Å²) in [6.07, 6.45) is 7.62. The lowest BCUT2D eigenvalue weighted by atomic mass is 9.81. The molecule has 1 aliphatic heterocycles. The molecule has 0 atom stereocenters. The lowest BCUT2D eigenvalue weighted by Gasteiger charge is -2.41. The molecular weight excluding hydrogens is 300 g/mol. The average molecular weight is 327 g/mol. The molecule has 122 valence electrons. The lowest BCUT2D eigenvalue weighted by Crippen LogP contribution is -2.48. The van der Waals surface area contributed by atoms with Crippen LogP contribution in [0.1, 0.15) is 49.6 Å². The predicted molar refractivity (Wildman–Crippen MR) is 98.0 cm³/mol. The molecule has 1 aromatic heterocycles. The fourth-order valence-corrected chi connectivity index (χ4v) is 4.54. The van der Waals surface area contributed by atoms with Gasteiger partial charge in [0.2, 0.25) is 0 Å². The molecule has 1 aliphatic carbocycles. The van der Waals surface area contributed by atoms with Crippen molar-refractivity contribution in [2.45, 2.75) is 51.5 Å². The van der Waals surface area contributed by atoms with Gasteiger partial charge in [0.05, 0.1) is 9.88 Å². The Morgan fingerprint density at radius 3 is 2.52 bits per heavy atom. The van der Waals surface area contributed by atoms with Crippen LogP contribution in [-0.4, -0.2) is 29.0 Å². The number of hydrogen-bond donors (Lipinski definition) is 0. The van der Waals surface area contributed by atoms with Crippen LogP contribution in [0.3, 0.4) is 0 Å². The molecule has 2 nitrogen and oxygen atoms in total. The van der Waals surface area contributed by atoms with Crippen molar-refractivity contribution in [1.29, 1.82) is 0 Å². The molecule has 23 heavy (non-hydrogen) atoms. The zero-order valence-electron chi connectivity index (χ0n) is 14.2. The van der Waals surface area contributed by atoms with Gasteiger partial charge in [-0.15, -0.1) is 11.3 Å². The van der Waals surface area contributed by atoms with Crippen molar-refractivity contribution in [3.05, 3.63) is 41.0 Å². The summed E-state index contributed by atoms with van der Waals surface area (Å²) < 4.78 is 0. The minimum Gasteiger partial charge on any atom is -0.299 e. The fraction of sp³-hybridized carbons (Fsp3) is 0.550. The predicted octanol–water partition coefficient (Wildman–Crippen LogP) is 4.96. The minimum atomic E-state index is 0.647. The van der Waals surface area contributed by atoms with E-state index in [0.717, 1.165) is 5.92 Å². The van der Waals surface area contributed by atoms with Crippen LogP contribution in [0.2, 0.25) is 0 Å². The zero-order chi connectivity index (χ0) is 15.8. The summed E-state index contributed by atoms with van der Waals surface area (Å²) in [5.74, 6) is 1.59. The molecule has 2 fully saturated rings. The van der Waals surface area contributed by atoms with Crippen molar-refractivity contribution in [2.24, 2.45) is 5.92 Å². The smallest absolute Gasteiger partial charge is 0.0987 e. The molecule has 4 rings (SSSR count). The largest absolute Gasteiger partial charge is 0.299 e. The van der Waals surface area contributed by atoms with Crippen LogP contribution in [0.4, 0.5) is 0 Å². The maximum Gasteiger partial charge on any atom is 0.0987 e. The van der Waals surface area contributed by atoms with E-state index in [9.17, 15) is 0 Å². The zero-order valence-corrected chi connectivity index (χ0v) is 15.0. The van der Waals surface area contributed by atoms with Crippen molar-refractivity contribution in [3.63, 3.8) is 0 Å². The molecule has 0 N–H and O–H groups in total. The summed E-state index contributed by atoms with van der Waals surface area (Å²) in [5.41, 5.74) is 2.82. The molecule has 0 unspecified atom stereocenters. The maximum absolute atomic E-state index is 4.69. The third kappa shape index (κ3) is 3.22. The maximum atomic E-state index is 4.69. The van der Waals surface area contributed by atoms with Crippen LogP contribution in [0.25, 0.3) is 10.4 Å². The van der Waals surface area contributed by atoms with Crippen molar-refractivity contribution in [1.82, 2.24) is 9.88 Å². The van der Waals surface area contributed by atoms with Gasteiger partial charge in [-0.3, -0.25) is 4.90 Å². The molecule has 0 amide bonds. The highest BCUT2D eigenvalue weighted by Crippen LogP contribution is 2.35. The fourth-order valence-electron chi connectivity index (χ4n) is 3.54. The van der Waals surface area contributed by atoms with Gasteiger partial charge in [-0.1, -0.05) is 43.5 Å². The number of hydrogen-bond acceptors (Lipinski definition) is 3. The second kappa shape index (κ2) is 6.37. The van der Waals surface area contributed by atoms with E-state index in [2.05, 4.69) is 49.2 Å². The Balaban J connectivity index is 1.40. The van der Waals surface area contributed by atoms with Crippen molar-refractivity contribution >= 4 is 11.3 Å². The van der Waals surface area contributed by atoms with E-state index in [1.54, 1.807) is 0 Å². The Kier molecular flexibility index (Phi) is 4.25. The second-order valence-electron chi connectivity index (χ2n) is 7.51. The van der Waals surface area contributed by atoms with Crippen LogP contribution < -0.4 is 0 Å². The molecule has 2 aromatic rings. The highest BCUT2D eigenvalue weighted by Gasteiger charge is 2.31. The molecule has 1 saturated heterocycles. The van der Waals surface area contributed by atoms with Crippen LogP contribution in [0, 0.1) is 5.92 Å². The quantitative estimate of drug-likeness (QED) is 0.772. The van der Waals surface area contributed by atoms with Crippen LogP contribution in [0.15, 0.2) is 30.5 Å². The Morgan fingerprint density at radius 2 is 1.91 bits per heavy atom. The van der Waals surface area contributed by atoms with Gasteiger partial charge in [-0.25, -0.2) is 4.98 Å². The first-order chi connectivity index (χ1) is 11.2. The Labute approximate surface area is 143 Å². The monoisotopic (exact) mass is 326 g/mol. The highest BCUT2D eigenvalue weighted by molar-refractivity contribution is 7.15. The van der Waals surface area contributed by atoms with Gasteiger partial charge in [-0.2, -0.15) is 0 Å². The number of rotatable bonds is 5. The van der Waals surface area contributed by atoms with E-state index in [1.165, 1.54) is 59.8 Å². The molecule has 0 bridgehead atoms. The standard InChI is InChI=1S/C20H26N2S/c1-14(2)22-12-18(13-22)20-21-11-19(23-20)17-8-6-16(7-9-17)10-15-4-3-5-15/h6-9,11,14-15,18H,3-5,10,12-13H2,1-2H3. The molecule has 1 aromatic carbocycles. The summed E-state index contributed by atoms with van der Waals surface area (Å²) >= 11 is 1.88. The van der Waals surface area contributed by atoms with E-state index in [4.69, 9.17) is 4.98 Å². The van der Waals surface area contributed by atoms with Crippen molar-refractivity contribution < 1.29 is 0 Å². The van der Waals surface area contributed by atoms with Crippen LogP contribution in [-0.2, 0) is 6.42 Å². The summed E-state index contributed by atoms with van der Waals surface area (Å²) in [7, 11) is 0.